The standard InChI is InChI=1S/C25H36/c1-4-10-22-18(7-1)13-14-21(22)17-20-9-3-6-12-24(20)25-16-15-19-8-2-5-11-23(19)25/h3,6,9,12,18-19,21-23,25H,1-2,4-5,7-8,10-11,13-17H2/t18-,19-,21?,22?,23?,25?/m1/s1. The highest BCUT2D eigenvalue weighted by Crippen LogP contribution is 2.52. The molecule has 0 aromatic heterocycles. The maximum atomic E-state index is 2.52. The summed E-state index contributed by atoms with van der Waals surface area (Å²) in [5, 5.41) is 0. The van der Waals surface area contributed by atoms with Crippen LogP contribution in [0.15, 0.2) is 24.3 Å². The van der Waals surface area contributed by atoms with Gasteiger partial charge in [0.25, 0.3) is 0 Å². The summed E-state index contributed by atoms with van der Waals surface area (Å²) in [6.45, 7) is 0. The molecule has 4 aliphatic carbocycles. The second-order valence-corrected chi connectivity index (χ2v) is 9.84. The molecule has 136 valence electrons. The van der Waals surface area contributed by atoms with Crippen molar-refractivity contribution in [3.63, 3.8) is 0 Å². The van der Waals surface area contributed by atoms with Crippen LogP contribution >= 0.6 is 0 Å². The van der Waals surface area contributed by atoms with Gasteiger partial charge in [0.2, 0.25) is 0 Å². The molecule has 1 aromatic rings. The first-order valence-corrected chi connectivity index (χ1v) is 11.5. The molecular weight excluding hydrogens is 300 g/mol. The van der Waals surface area contributed by atoms with Gasteiger partial charge in [-0.3, -0.25) is 0 Å². The lowest BCUT2D eigenvalue weighted by atomic mass is 9.73. The summed E-state index contributed by atoms with van der Waals surface area (Å²) in [4.78, 5) is 0. The SMILES string of the molecule is c1ccc(C2CC[C@H]3CCCCC23)c(CC2CC[C@H]3CCCCC23)c1. The molecule has 4 saturated carbocycles. The van der Waals surface area contributed by atoms with Crippen LogP contribution < -0.4 is 0 Å². The van der Waals surface area contributed by atoms with E-state index in [1.807, 2.05) is 0 Å². The van der Waals surface area contributed by atoms with Crippen molar-refractivity contribution in [3.8, 4) is 0 Å². The van der Waals surface area contributed by atoms with Crippen molar-refractivity contribution >= 4 is 0 Å². The molecule has 0 amide bonds. The van der Waals surface area contributed by atoms with Gasteiger partial charge in [-0.25, -0.2) is 0 Å². The molecular formula is C25H36. The summed E-state index contributed by atoms with van der Waals surface area (Å²) in [7, 11) is 0. The van der Waals surface area contributed by atoms with Gasteiger partial charge in [-0.1, -0.05) is 62.8 Å². The zero-order valence-electron chi connectivity index (χ0n) is 16.0. The Morgan fingerprint density at radius 3 is 2.20 bits per heavy atom. The predicted octanol–water partition coefficient (Wildman–Crippen LogP) is 7.13. The van der Waals surface area contributed by atoms with E-state index in [0.29, 0.717) is 0 Å². The molecule has 4 aliphatic rings. The fraction of sp³-hybridized carbons (Fsp3) is 0.760. The molecule has 0 nitrogen and oxygen atoms in total. The lowest BCUT2D eigenvalue weighted by Gasteiger charge is -2.32. The van der Waals surface area contributed by atoms with Gasteiger partial charge in [0.1, 0.15) is 0 Å². The van der Waals surface area contributed by atoms with Gasteiger partial charge in [0, 0.05) is 0 Å². The lowest BCUT2D eigenvalue weighted by Crippen LogP contribution is -2.22. The molecule has 0 heterocycles. The van der Waals surface area contributed by atoms with E-state index in [2.05, 4.69) is 24.3 Å². The maximum absolute atomic E-state index is 2.52. The van der Waals surface area contributed by atoms with Gasteiger partial charge >= 0.3 is 0 Å². The van der Waals surface area contributed by atoms with Crippen molar-refractivity contribution < 1.29 is 0 Å². The topological polar surface area (TPSA) is 0 Å². The van der Waals surface area contributed by atoms with Crippen LogP contribution in [0.5, 0.6) is 0 Å². The minimum absolute atomic E-state index is 0.894. The van der Waals surface area contributed by atoms with Crippen LogP contribution in [0.1, 0.15) is 94.1 Å². The molecule has 0 radical (unpaired) electrons. The molecule has 4 fully saturated rings. The van der Waals surface area contributed by atoms with Crippen LogP contribution in [0, 0.1) is 29.6 Å². The highest BCUT2D eigenvalue weighted by Gasteiger charge is 2.40. The zero-order valence-corrected chi connectivity index (χ0v) is 16.0. The van der Waals surface area contributed by atoms with Gasteiger partial charge < -0.3 is 0 Å². The Kier molecular flexibility index (Phi) is 4.65. The van der Waals surface area contributed by atoms with Gasteiger partial charge in [0.15, 0.2) is 0 Å². The first kappa shape index (κ1) is 16.4. The Bertz CT molecular complexity index is 587. The first-order chi connectivity index (χ1) is 12.4. The van der Waals surface area contributed by atoms with Crippen molar-refractivity contribution in [1.29, 1.82) is 0 Å². The van der Waals surface area contributed by atoms with Crippen LogP contribution in [-0.4, -0.2) is 0 Å². The molecule has 6 atom stereocenters. The number of hydrogen-bond acceptors (Lipinski definition) is 0. The van der Waals surface area contributed by atoms with Crippen molar-refractivity contribution in [3.05, 3.63) is 35.4 Å². The molecule has 0 aliphatic heterocycles. The normalized spacial score (nSPS) is 40.6. The Hall–Kier alpha value is -0.780. The third-order valence-electron chi connectivity index (χ3n) is 8.75. The second-order valence-electron chi connectivity index (χ2n) is 9.84. The number of rotatable bonds is 3. The van der Waals surface area contributed by atoms with Crippen LogP contribution in [0.2, 0.25) is 0 Å². The fourth-order valence-corrected chi connectivity index (χ4v) is 7.59. The van der Waals surface area contributed by atoms with Crippen LogP contribution in [0.3, 0.4) is 0 Å². The first-order valence-electron chi connectivity index (χ1n) is 11.5. The smallest absolute Gasteiger partial charge is 0.0128 e. The Morgan fingerprint density at radius 2 is 1.32 bits per heavy atom. The van der Waals surface area contributed by atoms with Crippen molar-refractivity contribution in [2.45, 2.75) is 89.4 Å². The van der Waals surface area contributed by atoms with E-state index < -0.39 is 0 Å². The van der Waals surface area contributed by atoms with E-state index in [1.54, 1.807) is 11.1 Å². The van der Waals surface area contributed by atoms with Crippen molar-refractivity contribution in [2.24, 2.45) is 29.6 Å². The summed E-state index contributed by atoms with van der Waals surface area (Å²) in [6.07, 6.45) is 19.5. The van der Waals surface area contributed by atoms with E-state index in [9.17, 15) is 0 Å². The summed E-state index contributed by atoms with van der Waals surface area (Å²) in [6, 6.07) is 9.67. The third-order valence-corrected chi connectivity index (χ3v) is 8.75. The summed E-state index contributed by atoms with van der Waals surface area (Å²) >= 11 is 0. The summed E-state index contributed by atoms with van der Waals surface area (Å²) < 4.78 is 0. The van der Waals surface area contributed by atoms with E-state index in [-0.39, 0.29) is 0 Å². The van der Waals surface area contributed by atoms with Crippen LogP contribution in [0.4, 0.5) is 0 Å². The third kappa shape index (κ3) is 3.08. The highest BCUT2D eigenvalue weighted by atomic mass is 14.5. The summed E-state index contributed by atoms with van der Waals surface area (Å²) in [5.74, 6) is 6.11. The highest BCUT2D eigenvalue weighted by molar-refractivity contribution is 5.33. The number of fused-ring (bicyclic) bond motifs is 2. The Morgan fingerprint density at radius 1 is 0.640 bits per heavy atom. The largest absolute Gasteiger partial charge is 0.0620 e. The van der Waals surface area contributed by atoms with E-state index in [4.69, 9.17) is 0 Å². The van der Waals surface area contributed by atoms with Crippen molar-refractivity contribution in [2.75, 3.05) is 0 Å². The summed E-state index contributed by atoms with van der Waals surface area (Å²) in [5.41, 5.74) is 3.52. The van der Waals surface area contributed by atoms with Gasteiger partial charge in [-0.15, -0.1) is 0 Å². The molecule has 0 spiro atoms. The van der Waals surface area contributed by atoms with Crippen molar-refractivity contribution in [1.82, 2.24) is 0 Å². The van der Waals surface area contributed by atoms with Crippen LogP contribution in [0.25, 0.3) is 0 Å². The second kappa shape index (κ2) is 7.09. The predicted molar refractivity (Wildman–Crippen MR) is 106 cm³/mol. The maximum Gasteiger partial charge on any atom is -0.0128 e. The molecule has 0 N–H and O–H groups in total. The number of benzene rings is 1. The molecule has 25 heavy (non-hydrogen) atoms. The average molecular weight is 337 g/mol. The van der Waals surface area contributed by atoms with Gasteiger partial charge in [0.05, 0.1) is 0 Å². The quantitative estimate of drug-likeness (QED) is 0.550. The van der Waals surface area contributed by atoms with E-state index in [1.165, 1.54) is 83.5 Å². The van der Waals surface area contributed by atoms with Crippen LogP contribution in [-0.2, 0) is 6.42 Å². The minimum Gasteiger partial charge on any atom is -0.0620 e. The van der Waals surface area contributed by atoms with E-state index >= 15 is 0 Å². The fourth-order valence-electron chi connectivity index (χ4n) is 7.59. The molecule has 5 rings (SSSR count). The molecule has 0 bridgehead atoms. The molecule has 1 aromatic carbocycles. The molecule has 0 saturated heterocycles. The Balaban J connectivity index is 1.36. The minimum atomic E-state index is 0.894. The zero-order chi connectivity index (χ0) is 16.6. The molecule has 4 unspecified atom stereocenters. The molecule has 0 heteroatoms. The monoisotopic (exact) mass is 336 g/mol. The van der Waals surface area contributed by atoms with Gasteiger partial charge in [-0.2, -0.15) is 0 Å². The lowest BCUT2D eigenvalue weighted by molar-refractivity contribution is 0.226. The Labute approximate surface area is 154 Å². The average Bonchev–Trinajstić information content (AvgIpc) is 3.27. The van der Waals surface area contributed by atoms with E-state index in [0.717, 1.165) is 35.5 Å². The number of hydrogen-bond donors (Lipinski definition) is 0. The van der Waals surface area contributed by atoms with Gasteiger partial charge in [-0.05, 0) is 91.6 Å².